The van der Waals surface area contributed by atoms with Crippen molar-refractivity contribution in [1.29, 1.82) is 0 Å². The van der Waals surface area contributed by atoms with Crippen LogP contribution in [0.25, 0.3) is 0 Å². The highest BCUT2D eigenvalue weighted by atomic mass is 16.5. The highest BCUT2D eigenvalue weighted by molar-refractivity contribution is 6.09. The van der Waals surface area contributed by atoms with Crippen molar-refractivity contribution in [3.63, 3.8) is 0 Å². The van der Waals surface area contributed by atoms with Crippen LogP contribution in [0.15, 0.2) is 18.3 Å². The predicted octanol–water partition coefficient (Wildman–Crippen LogP) is 2.91. The van der Waals surface area contributed by atoms with Crippen molar-refractivity contribution >= 4 is 17.8 Å². The van der Waals surface area contributed by atoms with Gasteiger partial charge in [-0.2, -0.15) is 0 Å². The van der Waals surface area contributed by atoms with Gasteiger partial charge in [-0.1, -0.05) is 19.4 Å². The van der Waals surface area contributed by atoms with Gasteiger partial charge in [0.1, 0.15) is 18.2 Å². The molecule has 1 aromatic heterocycles. The fraction of sp³-hybridized carbons (Fsp3) is 0.652. The maximum Gasteiger partial charge on any atom is 0.325 e. The Hall–Kier alpha value is -2.64. The molecule has 0 aromatic carbocycles. The summed E-state index contributed by atoms with van der Waals surface area (Å²) in [7, 11) is 0. The monoisotopic (exact) mass is 428 g/mol. The van der Waals surface area contributed by atoms with Crippen molar-refractivity contribution in [3.8, 4) is 5.88 Å². The van der Waals surface area contributed by atoms with Crippen molar-refractivity contribution < 1.29 is 19.1 Å². The zero-order valence-corrected chi connectivity index (χ0v) is 18.2. The van der Waals surface area contributed by atoms with Crippen molar-refractivity contribution in [2.45, 2.75) is 82.9 Å². The molecular weight excluding hydrogens is 396 g/mol. The first-order valence-corrected chi connectivity index (χ1v) is 11.5. The van der Waals surface area contributed by atoms with Gasteiger partial charge in [-0.05, 0) is 63.4 Å². The Bertz CT molecular complexity index is 829. The van der Waals surface area contributed by atoms with E-state index < -0.39 is 11.6 Å². The molecule has 1 spiro atoms. The Morgan fingerprint density at radius 2 is 2.00 bits per heavy atom. The van der Waals surface area contributed by atoms with Crippen LogP contribution in [0, 0.1) is 5.92 Å². The third kappa shape index (κ3) is 4.67. The van der Waals surface area contributed by atoms with Crippen LogP contribution in [0.5, 0.6) is 5.88 Å². The molecule has 8 nitrogen and oxygen atoms in total. The zero-order chi connectivity index (χ0) is 21.8. The average Bonchev–Trinajstić information content (AvgIpc) is 3.36. The van der Waals surface area contributed by atoms with E-state index in [4.69, 9.17) is 4.74 Å². The second-order valence-electron chi connectivity index (χ2n) is 9.02. The first-order chi connectivity index (χ1) is 15.0. The molecule has 31 heavy (non-hydrogen) atoms. The number of imide groups is 1. The normalized spacial score (nSPS) is 26.4. The molecule has 0 bridgehead atoms. The summed E-state index contributed by atoms with van der Waals surface area (Å²) in [5.74, 6) is 0.497. The summed E-state index contributed by atoms with van der Waals surface area (Å²) in [6.45, 7) is 2.12. The zero-order valence-electron chi connectivity index (χ0n) is 18.2. The number of ether oxygens (including phenoxy) is 1. The SMILES string of the molecule is CCC1CCC2(CC1)NC(=O)N(CC(=O)NCc1cccnc1OC1CCCC1)C2=O. The Labute approximate surface area is 183 Å². The largest absolute Gasteiger partial charge is 0.474 e. The van der Waals surface area contributed by atoms with E-state index in [2.05, 4.69) is 22.5 Å². The van der Waals surface area contributed by atoms with Gasteiger partial charge in [-0.3, -0.25) is 14.5 Å². The van der Waals surface area contributed by atoms with Crippen molar-refractivity contribution in [1.82, 2.24) is 20.5 Å². The van der Waals surface area contributed by atoms with Gasteiger partial charge in [-0.25, -0.2) is 9.78 Å². The lowest BCUT2D eigenvalue weighted by atomic mass is 9.75. The molecule has 0 unspecified atom stereocenters. The lowest BCUT2D eigenvalue weighted by Crippen LogP contribution is -2.50. The van der Waals surface area contributed by atoms with E-state index in [0.29, 0.717) is 24.6 Å². The van der Waals surface area contributed by atoms with Crippen molar-refractivity contribution in [2.24, 2.45) is 5.92 Å². The summed E-state index contributed by atoms with van der Waals surface area (Å²) in [4.78, 5) is 43.3. The number of pyridine rings is 1. The summed E-state index contributed by atoms with van der Waals surface area (Å²) in [5.41, 5.74) is -0.0383. The summed E-state index contributed by atoms with van der Waals surface area (Å²) in [6, 6.07) is 3.20. The molecule has 4 rings (SSSR count). The molecule has 1 aromatic rings. The Balaban J connectivity index is 1.32. The molecule has 2 aliphatic carbocycles. The fourth-order valence-corrected chi connectivity index (χ4v) is 4.96. The molecule has 2 heterocycles. The minimum absolute atomic E-state index is 0.175. The number of nitrogens with one attached hydrogen (secondary N) is 2. The number of hydrogen-bond acceptors (Lipinski definition) is 5. The van der Waals surface area contributed by atoms with E-state index in [1.165, 1.54) is 0 Å². The van der Waals surface area contributed by atoms with Crippen LogP contribution < -0.4 is 15.4 Å². The topological polar surface area (TPSA) is 101 Å². The van der Waals surface area contributed by atoms with Crippen molar-refractivity contribution in [2.75, 3.05) is 6.54 Å². The summed E-state index contributed by atoms with van der Waals surface area (Å²) in [5, 5.41) is 5.68. The number of aromatic nitrogens is 1. The van der Waals surface area contributed by atoms with E-state index in [1.54, 1.807) is 12.3 Å². The molecule has 3 fully saturated rings. The lowest BCUT2D eigenvalue weighted by molar-refractivity contribution is -0.136. The average molecular weight is 429 g/mol. The van der Waals surface area contributed by atoms with E-state index in [0.717, 1.165) is 55.4 Å². The molecule has 2 saturated carbocycles. The van der Waals surface area contributed by atoms with Gasteiger partial charge in [0, 0.05) is 18.3 Å². The number of hydrogen-bond donors (Lipinski definition) is 2. The van der Waals surface area contributed by atoms with Gasteiger partial charge in [-0.15, -0.1) is 0 Å². The number of urea groups is 1. The quantitative estimate of drug-likeness (QED) is 0.651. The first-order valence-electron chi connectivity index (χ1n) is 11.5. The van der Waals surface area contributed by atoms with Gasteiger partial charge < -0.3 is 15.4 Å². The minimum Gasteiger partial charge on any atom is -0.474 e. The standard InChI is InChI=1S/C23H32N4O4/c1-2-16-9-11-23(12-10-16)21(29)27(22(30)26-23)15-19(28)25-14-17-6-5-13-24-20(17)31-18-7-3-4-8-18/h5-6,13,16,18H,2-4,7-12,14-15H2,1H3,(H,25,28)(H,26,30). The molecule has 3 aliphatic rings. The van der Waals surface area contributed by atoms with E-state index in [1.807, 2.05) is 6.07 Å². The minimum atomic E-state index is -0.825. The van der Waals surface area contributed by atoms with Gasteiger partial charge in [0.25, 0.3) is 5.91 Å². The van der Waals surface area contributed by atoms with Crippen LogP contribution >= 0.6 is 0 Å². The number of rotatable bonds is 7. The highest BCUT2D eigenvalue weighted by Crippen LogP contribution is 2.37. The fourth-order valence-electron chi connectivity index (χ4n) is 4.96. The molecule has 1 saturated heterocycles. The summed E-state index contributed by atoms with van der Waals surface area (Å²) < 4.78 is 6.01. The lowest BCUT2D eigenvalue weighted by Gasteiger charge is -2.34. The van der Waals surface area contributed by atoms with Crippen LogP contribution in [0.3, 0.4) is 0 Å². The van der Waals surface area contributed by atoms with Crippen molar-refractivity contribution in [3.05, 3.63) is 23.9 Å². The first kappa shape index (κ1) is 21.6. The maximum absolute atomic E-state index is 13.0. The van der Waals surface area contributed by atoms with Gasteiger partial charge >= 0.3 is 6.03 Å². The second kappa shape index (κ2) is 9.24. The molecule has 0 atom stereocenters. The Morgan fingerprint density at radius 1 is 1.26 bits per heavy atom. The van der Waals surface area contributed by atoms with E-state index in [-0.39, 0.29) is 31.0 Å². The molecule has 0 radical (unpaired) electrons. The van der Waals surface area contributed by atoms with Gasteiger partial charge in [0.15, 0.2) is 0 Å². The van der Waals surface area contributed by atoms with Crippen LogP contribution in [0.1, 0.15) is 70.3 Å². The summed E-state index contributed by atoms with van der Waals surface area (Å²) in [6.07, 6.45) is 10.4. The molecule has 8 heteroatoms. The smallest absolute Gasteiger partial charge is 0.325 e. The number of nitrogens with zero attached hydrogens (tertiary/aromatic N) is 2. The molecule has 168 valence electrons. The highest BCUT2D eigenvalue weighted by Gasteiger charge is 2.52. The third-order valence-corrected chi connectivity index (χ3v) is 6.99. The summed E-state index contributed by atoms with van der Waals surface area (Å²) >= 11 is 0. The Kier molecular flexibility index (Phi) is 6.43. The maximum atomic E-state index is 13.0. The number of carbonyl (C=O) groups excluding carboxylic acids is 3. The molecule has 2 N–H and O–H groups in total. The molecule has 4 amide bonds. The number of carbonyl (C=O) groups is 3. The second-order valence-corrected chi connectivity index (χ2v) is 9.02. The van der Waals surface area contributed by atoms with E-state index in [9.17, 15) is 14.4 Å². The predicted molar refractivity (Wildman–Crippen MR) is 114 cm³/mol. The molecular formula is C23H32N4O4. The van der Waals surface area contributed by atoms with Crippen LogP contribution in [-0.4, -0.2) is 45.9 Å². The van der Waals surface area contributed by atoms with Crippen LogP contribution in [0.2, 0.25) is 0 Å². The molecule has 1 aliphatic heterocycles. The van der Waals surface area contributed by atoms with Gasteiger partial charge in [0.05, 0.1) is 0 Å². The Morgan fingerprint density at radius 3 is 2.71 bits per heavy atom. The van der Waals surface area contributed by atoms with Crippen LogP contribution in [-0.2, 0) is 16.1 Å². The number of amides is 4. The van der Waals surface area contributed by atoms with Crippen LogP contribution in [0.4, 0.5) is 4.79 Å². The third-order valence-electron chi connectivity index (χ3n) is 6.99. The van der Waals surface area contributed by atoms with E-state index >= 15 is 0 Å². The van der Waals surface area contributed by atoms with Gasteiger partial charge in [0.2, 0.25) is 11.8 Å².